The van der Waals surface area contributed by atoms with Crippen LogP contribution in [0.1, 0.15) is 29.8 Å². The molecule has 1 aromatic heterocycles. The van der Waals surface area contributed by atoms with Gasteiger partial charge in [0.2, 0.25) is 0 Å². The van der Waals surface area contributed by atoms with Gasteiger partial charge < -0.3 is 5.73 Å². The first-order valence-corrected chi connectivity index (χ1v) is 7.66. The lowest BCUT2D eigenvalue weighted by Gasteiger charge is -2.07. The van der Waals surface area contributed by atoms with Crippen LogP contribution < -0.4 is 5.73 Å². The van der Waals surface area contributed by atoms with E-state index in [1.807, 2.05) is 12.1 Å². The van der Waals surface area contributed by atoms with Crippen molar-refractivity contribution in [2.45, 2.75) is 26.2 Å². The summed E-state index contributed by atoms with van der Waals surface area (Å²) in [7, 11) is 0. The molecule has 2 aromatic rings. The van der Waals surface area contributed by atoms with Crippen LogP contribution in [0.5, 0.6) is 0 Å². The first kappa shape index (κ1) is 13.7. The highest BCUT2D eigenvalue weighted by molar-refractivity contribution is 9.10. The average molecular weight is 325 g/mol. The summed E-state index contributed by atoms with van der Waals surface area (Å²) in [5, 5.41) is 1.08. The number of aromatic nitrogens is 1. The Morgan fingerprint density at radius 3 is 2.78 bits per heavy atom. The third-order valence-electron chi connectivity index (χ3n) is 2.98. The van der Waals surface area contributed by atoms with Crippen molar-refractivity contribution < 1.29 is 0 Å². The standard InChI is InChI=1S/C14H17BrN2S/c1-9(7-8-16)13-10(2)17-14(18-13)11-5-3-4-6-12(11)15/h3-6,9H,7-8,16H2,1-2H3. The Morgan fingerprint density at radius 1 is 1.39 bits per heavy atom. The molecule has 4 heteroatoms. The minimum Gasteiger partial charge on any atom is -0.330 e. The fourth-order valence-electron chi connectivity index (χ4n) is 2.00. The normalized spacial score (nSPS) is 12.7. The Balaban J connectivity index is 2.37. The summed E-state index contributed by atoms with van der Waals surface area (Å²) in [5.41, 5.74) is 7.93. The highest BCUT2D eigenvalue weighted by atomic mass is 79.9. The van der Waals surface area contributed by atoms with Crippen LogP contribution in [0.4, 0.5) is 0 Å². The lowest BCUT2D eigenvalue weighted by molar-refractivity contribution is 0.696. The largest absolute Gasteiger partial charge is 0.330 e. The Hall–Kier alpha value is -0.710. The van der Waals surface area contributed by atoms with Crippen LogP contribution in [-0.4, -0.2) is 11.5 Å². The van der Waals surface area contributed by atoms with Crippen LogP contribution in [0, 0.1) is 6.92 Å². The van der Waals surface area contributed by atoms with Crippen molar-refractivity contribution in [3.05, 3.63) is 39.3 Å². The molecule has 2 rings (SSSR count). The topological polar surface area (TPSA) is 38.9 Å². The number of rotatable bonds is 4. The molecule has 2 nitrogen and oxygen atoms in total. The molecule has 0 saturated heterocycles. The summed E-state index contributed by atoms with van der Waals surface area (Å²) >= 11 is 5.36. The second kappa shape index (κ2) is 5.95. The third kappa shape index (κ3) is 2.82. The summed E-state index contributed by atoms with van der Waals surface area (Å²) in [4.78, 5) is 6.05. The van der Waals surface area contributed by atoms with Crippen molar-refractivity contribution >= 4 is 27.3 Å². The lowest BCUT2D eigenvalue weighted by Crippen LogP contribution is -2.04. The van der Waals surface area contributed by atoms with Gasteiger partial charge in [-0.1, -0.05) is 41.1 Å². The first-order chi connectivity index (χ1) is 8.63. The number of benzene rings is 1. The Morgan fingerprint density at radius 2 is 2.11 bits per heavy atom. The van der Waals surface area contributed by atoms with Crippen LogP contribution in [0.3, 0.4) is 0 Å². The SMILES string of the molecule is Cc1nc(-c2ccccc2Br)sc1C(C)CCN. The Labute approximate surface area is 120 Å². The van der Waals surface area contributed by atoms with Gasteiger partial charge in [0, 0.05) is 14.9 Å². The number of hydrogen-bond acceptors (Lipinski definition) is 3. The van der Waals surface area contributed by atoms with Gasteiger partial charge >= 0.3 is 0 Å². The second-order valence-corrected chi connectivity index (χ2v) is 6.31. The molecule has 1 heterocycles. The molecule has 0 amide bonds. The minimum absolute atomic E-state index is 0.490. The van der Waals surface area contributed by atoms with Crippen molar-refractivity contribution in [3.63, 3.8) is 0 Å². The van der Waals surface area contributed by atoms with E-state index in [1.54, 1.807) is 11.3 Å². The van der Waals surface area contributed by atoms with Crippen LogP contribution in [0.15, 0.2) is 28.7 Å². The van der Waals surface area contributed by atoms with Gasteiger partial charge in [-0.3, -0.25) is 0 Å². The molecule has 2 N–H and O–H groups in total. The molecule has 0 fully saturated rings. The fraction of sp³-hybridized carbons (Fsp3) is 0.357. The number of halogens is 1. The van der Waals surface area contributed by atoms with E-state index >= 15 is 0 Å². The van der Waals surface area contributed by atoms with E-state index in [2.05, 4.69) is 41.9 Å². The van der Waals surface area contributed by atoms with E-state index in [1.165, 1.54) is 4.88 Å². The zero-order chi connectivity index (χ0) is 13.1. The molecule has 0 spiro atoms. The maximum Gasteiger partial charge on any atom is 0.125 e. The van der Waals surface area contributed by atoms with Gasteiger partial charge in [-0.15, -0.1) is 11.3 Å². The number of nitrogens with two attached hydrogens (primary N) is 1. The summed E-state index contributed by atoms with van der Waals surface area (Å²) < 4.78 is 1.09. The van der Waals surface area contributed by atoms with Gasteiger partial charge in [-0.2, -0.15) is 0 Å². The number of thiazole rings is 1. The van der Waals surface area contributed by atoms with Gasteiger partial charge in [0.05, 0.1) is 5.69 Å². The van der Waals surface area contributed by atoms with E-state index in [4.69, 9.17) is 10.7 Å². The van der Waals surface area contributed by atoms with Gasteiger partial charge in [-0.05, 0) is 31.9 Å². The van der Waals surface area contributed by atoms with Gasteiger partial charge in [0.1, 0.15) is 5.01 Å². The maximum atomic E-state index is 5.64. The lowest BCUT2D eigenvalue weighted by atomic mass is 10.1. The second-order valence-electron chi connectivity index (χ2n) is 4.43. The smallest absolute Gasteiger partial charge is 0.125 e. The molecule has 1 atom stereocenters. The highest BCUT2D eigenvalue weighted by Crippen LogP contribution is 2.36. The molecule has 1 unspecified atom stereocenters. The minimum atomic E-state index is 0.490. The molecule has 96 valence electrons. The van der Waals surface area contributed by atoms with Crippen molar-refractivity contribution in [1.82, 2.24) is 4.98 Å². The maximum absolute atomic E-state index is 5.64. The van der Waals surface area contributed by atoms with Crippen LogP contribution in [-0.2, 0) is 0 Å². The van der Waals surface area contributed by atoms with E-state index in [0.717, 1.165) is 33.7 Å². The Bertz CT molecular complexity index is 536. The first-order valence-electron chi connectivity index (χ1n) is 6.05. The van der Waals surface area contributed by atoms with E-state index in [0.29, 0.717) is 5.92 Å². The van der Waals surface area contributed by atoms with Gasteiger partial charge in [-0.25, -0.2) is 4.98 Å². The number of nitrogens with zero attached hydrogens (tertiary/aromatic N) is 1. The summed E-state index contributed by atoms with van der Waals surface area (Å²) in [6, 6.07) is 8.21. The summed E-state index contributed by atoms with van der Waals surface area (Å²) in [6.07, 6.45) is 1.01. The van der Waals surface area contributed by atoms with Crippen LogP contribution >= 0.6 is 27.3 Å². The monoisotopic (exact) mass is 324 g/mol. The quantitative estimate of drug-likeness (QED) is 0.908. The number of hydrogen-bond donors (Lipinski definition) is 1. The zero-order valence-electron chi connectivity index (χ0n) is 10.6. The highest BCUT2D eigenvalue weighted by Gasteiger charge is 2.15. The van der Waals surface area contributed by atoms with Crippen LogP contribution in [0.2, 0.25) is 0 Å². The fourth-order valence-corrected chi connectivity index (χ4v) is 3.79. The average Bonchev–Trinajstić information content (AvgIpc) is 2.72. The van der Waals surface area contributed by atoms with Crippen molar-refractivity contribution in [2.24, 2.45) is 5.73 Å². The Kier molecular flexibility index (Phi) is 4.54. The van der Waals surface area contributed by atoms with Crippen molar-refractivity contribution in [2.75, 3.05) is 6.54 Å². The molecule has 1 aromatic carbocycles. The van der Waals surface area contributed by atoms with E-state index in [9.17, 15) is 0 Å². The predicted octanol–water partition coefficient (Wildman–Crippen LogP) is 4.33. The molecular weight excluding hydrogens is 308 g/mol. The number of aryl methyl sites for hydroxylation is 1. The van der Waals surface area contributed by atoms with Gasteiger partial charge in [0.25, 0.3) is 0 Å². The van der Waals surface area contributed by atoms with Crippen molar-refractivity contribution in [1.29, 1.82) is 0 Å². The predicted molar refractivity (Wildman–Crippen MR) is 82.1 cm³/mol. The van der Waals surface area contributed by atoms with Gasteiger partial charge in [0.15, 0.2) is 0 Å². The molecule has 0 aliphatic rings. The molecule has 18 heavy (non-hydrogen) atoms. The van der Waals surface area contributed by atoms with E-state index < -0.39 is 0 Å². The third-order valence-corrected chi connectivity index (χ3v) is 5.10. The van der Waals surface area contributed by atoms with Crippen molar-refractivity contribution in [3.8, 4) is 10.6 Å². The molecule has 0 aliphatic heterocycles. The zero-order valence-corrected chi connectivity index (χ0v) is 13.0. The molecule has 0 radical (unpaired) electrons. The molecule has 0 aliphatic carbocycles. The molecule has 0 saturated carbocycles. The summed E-state index contributed by atoms with van der Waals surface area (Å²) in [5.74, 6) is 0.490. The van der Waals surface area contributed by atoms with E-state index in [-0.39, 0.29) is 0 Å². The molecular formula is C14H17BrN2S. The summed E-state index contributed by atoms with van der Waals surface area (Å²) in [6.45, 7) is 5.03. The van der Waals surface area contributed by atoms with Crippen LogP contribution in [0.25, 0.3) is 10.6 Å². The molecule has 0 bridgehead atoms.